The van der Waals surface area contributed by atoms with Gasteiger partial charge in [-0.25, -0.2) is 4.79 Å². The van der Waals surface area contributed by atoms with E-state index in [1.165, 1.54) is 0 Å². The summed E-state index contributed by atoms with van der Waals surface area (Å²) in [6.45, 7) is 1.73. The fourth-order valence-corrected chi connectivity index (χ4v) is 2.81. The van der Waals surface area contributed by atoms with Gasteiger partial charge in [0.1, 0.15) is 11.4 Å². The van der Waals surface area contributed by atoms with E-state index >= 15 is 0 Å². The summed E-state index contributed by atoms with van der Waals surface area (Å²) in [6, 6.07) is 7.09. The smallest absolute Gasteiger partial charge is 0.407 e. The van der Waals surface area contributed by atoms with Crippen molar-refractivity contribution in [3.8, 4) is 5.75 Å². The van der Waals surface area contributed by atoms with Crippen molar-refractivity contribution >= 4 is 12.0 Å². The Kier molecular flexibility index (Phi) is 3.45. The minimum absolute atomic E-state index is 0.00443. The van der Waals surface area contributed by atoms with Gasteiger partial charge in [0, 0.05) is 31.5 Å². The molecule has 0 aliphatic carbocycles. The van der Waals surface area contributed by atoms with Gasteiger partial charge in [0.15, 0.2) is 0 Å². The van der Waals surface area contributed by atoms with Crippen molar-refractivity contribution < 1.29 is 19.1 Å². The Labute approximate surface area is 123 Å². The molecule has 0 bridgehead atoms. The van der Waals surface area contributed by atoms with Gasteiger partial charge in [-0.2, -0.15) is 0 Å². The van der Waals surface area contributed by atoms with Gasteiger partial charge in [-0.3, -0.25) is 4.79 Å². The molecule has 0 unspecified atom stereocenters. The molecule has 2 fully saturated rings. The van der Waals surface area contributed by atoms with Gasteiger partial charge in [0.05, 0.1) is 13.7 Å². The maximum atomic E-state index is 12.4. The van der Waals surface area contributed by atoms with Crippen molar-refractivity contribution in [2.24, 2.45) is 0 Å². The number of nitrogens with one attached hydrogen (secondary N) is 1. The molecule has 6 nitrogen and oxygen atoms in total. The number of hydrogen-bond acceptors (Lipinski definition) is 4. The summed E-state index contributed by atoms with van der Waals surface area (Å²) in [6.07, 6.45) is 0.992. The van der Waals surface area contributed by atoms with Crippen LogP contribution in [0.3, 0.4) is 0 Å². The second kappa shape index (κ2) is 5.27. The van der Waals surface area contributed by atoms with Gasteiger partial charge >= 0.3 is 6.09 Å². The summed E-state index contributed by atoms with van der Waals surface area (Å²) in [4.78, 5) is 25.4. The quantitative estimate of drug-likeness (QED) is 0.894. The maximum Gasteiger partial charge on any atom is 0.407 e. The lowest BCUT2D eigenvalue weighted by Crippen LogP contribution is -2.48. The largest absolute Gasteiger partial charge is 0.497 e. The molecule has 1 aromatic carbocycles. The monoisotopic (exact) mass is 290 g/mol. The first kappa shape index (κ1) is 13.7. The number of hydrogen-bond donors (Lipinski definition) is 1. The van der Waals surface area contributed by atoms with Crippen LogP contribution in [0, 0.1) is 0 Å². The van der Waals surface area contributed by atoms with Crippen LogP contribution in [0.4, 0.5) is 4.79 Å². The van der Waals surface area contributed by atoms with Gasteiger partial charge in [-0.15, -0.1) is 0 Å². The standard InChI is InChI=1S/C15H18N2O4/c1-20-12-4-2-11(3-5-12)13(18)17-8-6-15(7-9-17)10-16-14(19)21-15/h2-5H,6-10H2,1H3,(H,16,19). The molecule has 3 rings (SSSR count). The highest BCUT2D eigenvalue weighted by atomic mass is 16.6. The highest BCUT2D eigenvalue weighted by Crippen LogP contribution is 2.29. The zero-order valence-electron chi connectivity index (χ0n) is 11.9. The molecule has 0 radical (unpaired) electrons. The first-order valence-electron chi connectivity index (χ1n) is 7.02. The topological polar surface area (TPSA) is 67.9 Å². The van der Waals surface area contributed by atoms with E-state index in [2.05, 4.69) is 5.32 Å². The van der Waals surface area contributed by atoms with Crippen molar-refractivity contribution in [1.82, 2.24) is 10.2 Å². The molecule has 1 aromatic rings. The molecule has 2 aliphatic heterocycles. The number of nitrogens with zero attached hydrogens (tertiary/aromatic N) is 1. The predicted octanol–water partition coefficient (Wildman–Crippen LogP) is 1.41. The van der Waals surface area contributed by atoms with Crippen molar-refractivity contribution in [2.75, 3.05) is 26.7 Å². The molecule has 1 spiro atoms. The van der Waals surface area contributed by atoms with E-state index in [1.54, 1.807) is 36.3 Å². The number of rotatable bonds is 2. The Bertz CT molecular complexity index is 547. The summed E-state index contributed by atoms with van der Waals surface area (Å²) >= 11 is 0. The molecular weight excluding hydrogens is 272 g/mol. The Morgan fingerprint density at radius 1 is 1.29 bits per heavy atom. The van der Waals surface area contributed by atoms with Gasteiger partial charge < -0.3 is 19.7 Å². The molecule has 2 amide bonds. The van der Waals surface area contributed by atoms with Crippen LogP contribution < -0.4 is 10.1 Å². The number of ether oxygens (including phenoxy) is 2. The second-order valence-electron chi connectivity index (χ2n) is 5.45. The molecule has 1 N–H and O–H groups in total. The highest BCUT2D eigenvalue weighted by Gasteiger charge is 2.43. The third kappa shape index (κ3) is 2.66. The van der Waals surface area contributed by atoms with Crippen LogP contribution in [0.25, 0.3) is 0 Å². The summed E-state index contributed by atoms with van der Waals surface area (Å²) in [5, 5.41) is 2.69. The normalized spacial score (nSPS) is 20.0. The Balaban J connectivity index is 1.63. The maximum absolute atomic E-state index is 12.4. The van der Waals surface area contributed by atoms with Crippen LogP contribution in [0.15, 0.2) is 24.3 Å². The number of amides is 2. The van der Waals surface area contributed by atoms with Crippen LogP contribution in [0.5, 0.6) is 5.75 Å². The summed E-state index contributed by atoms with van der Waals surface area (Å²) in [5.74, 6) is 0.734. The number of carbonyl (C=O) groups excluding carboxylic acids is 2. The Morgan fingerprint density at radius 2 is 1.95 bits per heavy atom. The number of likely N-dealkylation sites (tertiary alicyclic amines) is 1. The molecule has 6 heteroatoms. The van der Waals surface area contributed by atoms with Crippen LogP contribution in [-0.4, -0.2) is 49.2 Å². The van der Waals surface area contributed by atoms with E-state index in [0.717, 1.165) is 5.75 Å². The average Bonchev–Trinajstić information content (AvgIpc) is 2.88. The molecule has 2 aliphatic rings. The lowest BCUT2D eigenvalue weighted by Gasteiger charge is -2.37. The summed E-state index contributed by atoms with van der Waals surface area (Å²) < 4.78 is 10.4. The molecule has 0 saturated carbocycles. The minimum atomic E-state index is -0.423. The van der Waals surface area contributed by atoms with Gasteiger partial charge in [-0.05, 0) is 24.3 Å². The van der Waals surface area contributed by atoms with Crippen molar-refractivity contribution in [3.05, 3.63) is 29.8 Å². The molecule has 0 aromatic heterocycles. The third-order valence-corrected chi connectivity index (χ3v) is 4.16. The molecule has 0 atom stereocenters. The van der Waals surface area contributed by atoms with E-state index in [-0.39, 0.29) is 12.0 Å². The Morgan fingerprint density at radius 3 is 2.48 bits per heavy atom. The van der Waals surface area contributed by atoms with Crippen molar-refractivity contribution in [1.29, 1.82) is 0 Å². The first-order valence-corrected chi connectivity index (χ1v) is 7.02. The Hall–Kier alpha value is -2.24. The summed E-state index contributed by atoms with van der Waals surface area (Å²) in [7, 11) is 1.60. The second-order valence-corrected chi connectivity index (χ2v) is 5.45. The first-order chi connectivity index (χ1) is 10.1. The van der Waals surface area contributed by atoms with E-state index < -0.39 is 5.60 Å². The molecule has 21 heavy (non-hydrogen) atoms. The zero-order valence-corrected chi connectivity index (χ0v) is 11.9. The average molecular weight is 290 g/mol. The van der Waals surface area contributed by atoms with E-state index in [1.807, 2.05) is 0 Å². The summed E-state index contributed by atoms with van der Waals surface area (Å²) in [5.41, 5.74) is 0.224. The van der Waals surface area contributed by atoms with Crippen LogP contribution in [0.1, 0.15) is 23.2 Å². The molecule has 2 saturated heterocycles. The number of methoxy groups -OCH3 is 1. The van der Waals surface area contributed by atoms with E-state index in [0.29, 0.717) is 38.0 Å². The van der Waals surface area contributed by atoms with Crippen LogP contribution >= 0.6 is 0 Å². The molecule has 112 valence electrons. The highest BCUT2D eigenvalue weighted by molar-refractivity contribution is 5.94. The van der Waals surface area contributed by atoms with Crippen LogP contribution in [-0.2, 0) is 4.74 Å². The van der Waals surface area contributed by atoms with E-state index in [4.69, 9.17) is 9.47 Å². The number of carbonyl (C=O) groups is 2. The number of piperidine rings is 1. The van der Waals surface area contributed by atoms with Crippen molar-refractivity contribution in [3.63, 3.8) is 0 Å². The lowest BCUT2D eigenvalue weighted by atomic mass is 9.91. The van der Waals surface area contributed by atoms with Gasteiger partial charge in [-0.1, -0.05) is 0 Å². The van der Waals surface area contributed by atoms with Gasteiger partial charge in [0.25, 0.3) is 5.91 Å². The van der Waals surface area contributed by atoms with Crippen LogP contribution in [0.2, 0.25) is 0 Å². The third-order valence-electron chi connectivity index (χ3n) is 4.16. The molecular formula is C15H18N2O4. The lowest BCUT2D eigenvalue weighted by molar-refractivity contribution is 0.00331. The number of alkyl carbamates (subject to hydrolysis) is 1. The van der Waals surface area contributed by atoms with E-state index in [9.17, 15) is 9.59 Å². The van der Waals surface area contributed by atoms with Crippen molar-refractivity contribution in [2.45, 2.75) is 18.4 Å². The predicted molar refractivity (Wildman–Crippen MR) is 75.3 cm³/mol. The fourth-order valence-electron chi connectivity index (χ4n) is 2.81. The molecule has 2 heterocycles. The fraction of sp³-hybridized carbons (Fsp3) is 0.467. The SMILES string of the molecule is COc1ccc(C(=O)N2CCC3(CC2)CNC(=O)O3)cc1. The number of benzene rings is 1. The van der Waals surface area contributed by atoms with Gasteiger partial charge in [0.2, 0.25) is 0 Å². The zero-order chi connectivity index (χ0) is 14.9. The minimum Gasteiger partial charge on any atom is -0.497 e.